The number of benzene rings is 2. The summed E-state index contributed by atoms with van der Waals surface area (Å²) in [5.41, 5.74) is 3.54. The molecule has 1 heterocycles. The van der Waals surface area contributed by atoms with Crippen molar-refractivity contribution >= 4 is 0 Å². The van der Waals surface area contributed by atoms with Gasteiger partial charge in [0.2, 0.25) is 0 Å². The number of fused-ring (bicyclic) bond motifs is 1. The van der Waals surface area contributed by atoms with Gasteiger partial charge in [0.1, 0.15) is 18.1 Å². The molecule has 0 spiro atoms. The van der Waals surface area contributed by atoms with Crippen LogP contribution in [0.25, 0.3) is 0 Å². The number of methoxy groups -OCH3 is 1. The normalized spacial score (nSPS) is 23.4. The average Bonchev–Trinajstić information content (AvgIpc) is 3.25. The number of ether oxygens (including phenoxy) is 2. The molecule has 2 unspecified atom stereocenters. The standard InChI is InChI=1S/C34H45FN2O3/c1-3-37(24-25-8-15-34(32(35)20-25)40-19-18-36-16-6-4-5-7-17-36)33-23-30(39-2)13-14-31(33)28-10-9-27-22-29(38)12-11-26(27)21-28/h8,11-15,20,22-23,28,31,33,38H,3-7,9-10,16-19,21,24H2,1-2H3/t28-,31?,33?/m1/s1. The molecule has 0 aromatic heterocycles. The van der Waals surface area contributed by atoms with Gasteiger partial charge in [-0.25, -0.2) is 4.39 Å². The van der Waals surface area contributed by atoms with Gasteiger partial charge < -0.3 is 14.6 Å². The molecule has 2 aliphatic carbocycles. The first-order valence-electron chi connectivity index (χ1n) is 15.2. The van der Waals surface area contributed by atoms with Crippen molar-refractivity contribution in [3.63, 3.8) is 0 Å². The number of hydrogen-bond donors (Lipinski definition) is 1. The maximum atomic E-state index is 15.1. The Kier molecular flexibility index (Phi) is 9.82. The highest BCUT2D eigenvalue weighted by Crippen LogP contribution is 2.38. The van der Waals surface area contributed by atoms with Gasteiger partial charge in [-0.05, 0) is 117 Å². The molecule has 0 radical (unpaired) electrons. The van der Waals surface area contributed by atoms with Crippen LogP contribution in [0.5, 0.6) is 11.5 Å². The molecule has 0 amide bonds. The molecule has 3 atom stereocenters. The molecule has 2 aromatic rings. The van der Waals surface area contributed by atoms with Crippen molar-refractivity contribution in [2.24, 2.45) is 11.8 Å². The molecule has 0 saturated carbocycles. The molecule has 5 rings (SSSR count). The van der Waals surface area contributed by atoms with Crippen molar-refractivity contribution in [3.8, 4) is 11.5 Å². The van der Waals surface area contributed by atoms with Crippen LogP contribution in [0.3, 0.4) is 0 Å². The second-order valence-corrected chi connectivity index (χ2v) is 11.6. The number of aromatic hydroxyl groups is 1. The van der Waals surface area contributed by atoms with E-state index in [0.29, 0.717) is 36.5 Å². The molecular weight excluding hydrogens is 503 g/mol. The van der Waals surface area contributed by atoms with Crippen molar-refractivity contribution in [3.05, 3.63) is 82.9 Å². The fourth-order valence-electron chi connectivity index (χ4n) is 6.74. The van der Waals surface area contributed by atoms with Gasteiger partial charge in [0, 0.05) is 19.1 Å². The summed E-state index contributed by atoms with van der Waals surface area (Å²) in [5, 5.41) is 9.91. The average molecular weight is 549 g/mol. The summed E-state index contributed by atoms with van der Waals surface area (Å²) < 4.78 is 26.6. The zero-order valence-corrected chi connectivity index (χ0v) is 24.2. The molecule has 2 aromatic carbocycles. The number of rotatable bonds is 10. The number of halogens is 1. The molecule has 6 heteroatoms. The first kappa shape index (κ1) is 28.7. The summed E-state index contributed by atoms with van der Waals surface area (Å²) in [6.07, 6.45) is 14.8. The summed E-state index contributed by atoms with van der Waals surface area (Å²) in [6, 6.07) is 11.4. The molecule has 216 valence electrons. The van der Waals surface area contributed by atoms with Gasteiger partial charge in [-0.15, -0.1) is 0 Å². The van der Waals surface area contributed by atoms with Gasteiger partial charge in [0.15, 0.2) is 11.6 Å². The number of aryl methyl sites for hydroxylation is 1. The Morgan fingerprint density at radius 2 is 1.88 bits per heavy atom. The predicted molar refractivity (Wildman–Crippen MR) is 158 cm³/mol. The van der Waals surface area contributed by atoms with Crippen LogP contribution in [-0.2, 0) is 24.1 Å². The minimum atomic E-state index is -0.287. The van der Waals surface area contributed by atoms with E-state index >= 15 is 4.39 Å². The molecular formula is C34H45FN2O3. The van der Waals surface area contributed by atoms with E-state index in [-0.39, 0.29) is 11.9 Å². The number of hydrogen-bond acceptors (Lipinski definition) is 5. The first-order chi connectivity index (χ1) is 19.5. The molecule has 0 bridgehead atoms. The topological polar surface area (TPSA) is 45.2 Å². The van der Waals surface area contributed by atoms with Gasteiger partial charge in [-0.3, -0.25) is 9.80 Å². The van der Waals surface area contributed by atoms with E-state index < -0.39 is 0 Å². The van der Waals surface area contributed by atoms with Crippen LogP contribution in [0.1, 0.15) is 55.7 Å². The van der Waals surface area contributed by atoms with E-state index in [1.807, 2.05) is 12.1 Å². The maximum absolute atomic E-state index is 15.1. The minimum Gasteiger partial charge on any atom is -0.508 e. The lowest BCUT2D eigenvalue weighted by molar-refractivity contribution is 0.147. The minimum absolute atomic E-state index is 0.154. The van der Waals surface area contributed by atoms with Gasteiger partial charge >= 0.3 is 0 Å². The Labute approximate surface area is 239 Å². The summed E-state index contributed by atoms with van der Waals surface area (Å²) in [6.45, 7) is 7.27. The van der Waals surface area contributed by atoms with E-state index in [1.54, 1.807) is 25.3 Å². The smallest absolute Gasteiger partial charge is 0.165 e. The second kappa shape index (κ2) is 13.7. The third kappa shape index (κ3) is 7.08. The monoisotopic (exact) mass is 548 g/mol. The number of allylic oxidation sites excluding steroid dienone is 1. The van der Waals surface area contributed by atoms with Crippen LogP contribution in [0, 0.1) is 17.7 Å². The quantitative estimate of drug-likeness (QED) is 0.367. The van der Waals surface area contributed by atoms with Gasteiger partial charge in [-0.1, -0.05) is 38.0 Å². The number of phenolic OH excluding ortho intramolecular Hbond substituents is 1. The molecule has 1 fully saturated rings. The molecule has 5 nitrogen and oxygen atoms in total. The van der Waals surface area contributed by atoms with Crippen molar-refractivity contribution in [2.75, 3.05) is 39.9 Å². The largest absolute Gasteiger partial charge is 0.508 e. The number of likely N-dealkylation sites (N-methyl/N-ethyl adjacent to an activating group) is 1. The maximum Gasteiger partial charge on any atom is 0.165 e. The Balaban J connectivity index is 1.25. The second-order valence-electron chi connectivity index (χ2n) is 11.6. The van der Waals surface area contributed by atoms with Crippen LogP contribution in [-0.4, -0.2) is 60.8 Å². The predicted octanol–water partition coefficient (Wildman–Crippen LogP) is 6.50. The summed E-state index contributed by atoms with van der Waals surface area (Å²) in [7, 11) is 1.72. The highest BCUT2D eigenvalue weighted by molar-refractivity contribution is 5.37. The van der Waals surface area contributed by atoms with E-state index in [9.17, 15) is 5.11 Å². The first-order valence-corrected chi connectivity index (χ1v) is 15.2. The van der Waals surface area contributed by atoms with Crippen molar-refractivity contribution < 1.29 is 19.0 Å². The molecule has 1 N–H and O–H groups in total. The summed E-state index contributed by atoms with van der Waals surface area (Å²) in [5.74, 6) is 2.09. The molecule has 1 saturated heterocycles. The van der Waals surface area contributed by atoms with E-state index in [1.165, 1.54) is 36.8 Å². The lowest BCUT2D eigenvalue weighted by Crippen LogP contribution is -2.43. The fourth-order valence-corrected chi connectivity index (χ4v) is 6.74. The SMILES string of the molecule is CCN(Cc1ccc(OCCN2CCCCCC2)c(F)c1)C1C=C(OC)C=CC1[C@@H]1CCc2cc(O)ccc2C1. The Hall–Kier alpha value is -2.83. The zero-order valence-electron chi connectivity index (χ0n) is 24.2. The van der Waals surface area contributed by atoms with Gasteiger partial charge in [0.05, 0.1) is 7.11 Å². The Morgan fingerprint density at radius 1 is 1.05 bits per heavy atom. The number of nitrogens with zero attached hydrogens (tertiary/aromatic N) is 2. The van der Waals surface area contributed by atoms with Crippen LogP contribution < -0.4 is 4.74 Å². The lowest BCUT2D eigenvalue weighted by Gasteiger charge is -2.41. The van der Waals surface area contributed by atoms with Crippen molar-refractivity contribution in [1.29, 1.82) is 0 Å². The molecule has 3 aliphatic rings. The van der Waals surface area contributed by atoms with Crippen LogP contribution in [0.2, 0.25) is 0 Å². The van der Waals surface area contributed by atoms with Gasteiger partial charge in [-0.2, -0.15) is 0 Å². The highest BCUT2D eigenvalue weighted by atomic mass is 19.1. The van der Waals surface area contributed by atoms with E-state index in [4.69, 9.17) is 9.47 Å². The highest BCUT2D eigenvalue weighted by Gasteiger charge is 2.34. The van der Waals surface area contributed by atoms with Crippen LogP contribution in [0.15, 0.2) is 60.4 Å². The zero-order chi connectivity index (χ0) is 27.9. The van der Waals surface area contributed by atoms with Crippen LogP contribution in [0.4, 0.5) is 4.39 Å². The van der Waals surface area contributed by atoms with E-state index in [0.717, 1.165) is 56.8 Å². The van der Waals surface area contributed by atoms with Gasteiger partial charge in [0.25, 0.3) is 0 Å². The van der Waals surface area contributed by atoms with Crippen molar-refractivity contribution in [2.45, 2.75) is 64.5 Å². The molecule has 40 heavy (non-hydrogen) atoms. The lowest BCUT2D eigenvalue weighted by atomic mass is 9.72. The number of phenols is 1. The third-order valence-electron chi connectivity index (χ3n) is 9.02. The summed E-state index contributed by atoms with van der Waals surface area (Å²) >= 11 is 0. The van der Waals surface area contributed by atoms with E-state index in [2.05, 4.69) is 41.0 Å². The summed E-state index contributed by atoms with van der Waals surface area (Å²) in [4.78, 5) is 4.86. The Morgan fingerprint density at radius 3 is 2.62 bits per heavy atom. The van der Waals surface area contributed by atoms with Crippen LogP contribution >= 0.6 is 0 Å². The third-order valence-corrected chi connectivity index (χ3v) is 9.02. The fraction of sp³-hybridized carbons (Fsp3) is 0.529. The van der Waals surface area contributed by atoms with Crippen molar-refractivity contribution in [1.82, 2.24) is 9.80 Å². The number of likely N-dealkylation sites (tertiary alicyclic amines) is 1. The molecule has 1 aliphatic heterocycles. The Bertz CT molecular complexity index is 1190.